The molecule has 0 unspecified atom stereocenters. The summed E-state index contributed by atoms with van der Waals surface area (Å²) in [6.07, 6.45) is 0.0775. The van der Waals surface area contributed by atoms with Crippen LogP contribution in [-0.4, -0.2) is 25.1 Å². The summed E-state index contributed by atoms with van der Waals surface area (Å²) in [6, 6.07) is 14.0. The molecule has 0 atom stereocenters. The highest BCUT2D eigenvalue weighted by molar-refractivity contribution is 5.94. The van der Waals surface area contributed by atoms with Gasteiger partial charge in [-0.05, 0) is 55.8 Å². The molecule has 2 aromatic carbocycles. The van der Waals surface area contributed by atoms with E-state index in [1.807, 2.05) is 24.3 Å². The molecule has 0 aliphatic rings. The summed E-state index contributed by atoms with van der Waals surface area (Å²) in [5.74, 6) is 0.202. The maximum absolute atomic E-state index is 12.1. The minimum Gasteiger partial charge on any atom is -0.497 e. The van der Waals surface area contributed by atoms with Gasteiger partial charge in [0.15, 0.2) is 0 Å². The minimum atomic E-state index is -0.376. The second kappa shape index (κ2) is 8.15. The lowest BCUT2D eigenvalue weighted by Gasteiger charge is -2.09. The normalized spacial score (nSPS) is 10.3. The fourth-order valence-corrected chi connectivity index (χ4v) is 2.14. The highest BCUT2D eigenvalue weighted by Gasteiger charge is 2.10. The first-order valence-electron chi connectivity index (χ1n) is 7.71. The minimum absolute atomic E-state index is 0.138. The van der Waals surface area contributed by atoms with Gasteiger partial charge in [-0.1, -0.05) is 12.1 Å². The Bertz CT molecular complexity index is 708. The number of carbonyl (C=O) groups is 2. The Kier molecular flexibility index (Phi) is 5.95. The van der Waals surface area contributed by atoms with Crippen LogP contribution in [0.4, 0.5) is 5.69 Å². The van der Waals surface area contributed by atoms with Crippen molar-refractivity contribution in [3.63, 3.8) is 0 Å². The highest BCUT2D eigenvalue weighted by Crippen LogP contribution is 2.15. The smallest absolute Gasteiger partial charge is 0.338 e. The summed E-state index contributed by atoms with van der Waals surface area (Å²) in [6.45, 7) is 3.59. The average Bonchev–Trinajstić information content (AvgIpc) is 2.55. The van der Waals surface area contributed by atoms with Gasteiger partial charge in [0.2, 0.25) is 5.91 Å². The quantitative estimate of drug-likeness (QED) is 0.826. The van der Waals surface area contributed by atoms with Crippen molar-refractivity contribution in [1.29, 1.82) is 0 Å². The van der Waals surface area contributed by atoms with E-state index in [-0.39, 0.29) is 24.4 Å². The summed E-state index contributed by atoms with van der Waals surface area (Å²) in [5, 5.41) is 2.80. The van der Waals surface area contributed by atoms with E-state index in [1.54, 1.807) is 45.2 Å². The molecule has 5 nitrogen and oxygen atoms in total. The van der Waals surface area contributed by atoms with Crippen LogP contribution in [0.25, 0.3) is 0 Å². The van der Waals surface area contributed by atoms with Crippen molar-refractivity contribution >= 4 is 17.6 Å². The Morgan fingerprint density at radius 1 is 1.08 bits per heavy atom. The third-order valence-electron chi connectivity index (χ3n) is 3.25. The Hall–Kier alpha value is -2.82. The van der Waals surface area contributed by atoms with Crippen molar-refractivity contribution in [2.45, 2.75) is 26.4 Å². The number of hydrogen-bond acceptors (Lipinski definition) is 4. The molecule has 0 saturated heterocycles. The van der Waals surface area contributed by atoms with E-state index >= 15 is 0 Å². The zero-order valence-corrected chi connectivity index (χ0v) is 14.0. The topological polar surface area (TPSA) is 64.6 Å². The van der Waals surface area contributed by atoms with Crippen LogP contribution >= 0.6 is 0 Å². The Morgan fingerprint density at radius 3 is 2.42 bits per heavy atom. The van der Waals surface area contributed by atoms with E-state index in [4.69, 9.17) is 9.47 Å². The van der Waals surface area contributed by atoms with Gasteiger partial charge in [0, 0.05) is 5.69 Å². The number of rotatable bonds is 6. The summed E-state index contributed by atoms with van der Waals surface area (Å²) >= 11 is 0. The van der Waals surface area contributed by atoms with Gasteiger partial charge in [-0.2, -0.15) is 0 Å². The fraction of sp³-hybridized carbons (Fsp3) is 0.263. The van der Waals surface area contributed by atoms with Crippen LogP contribution < -0.4 is 10.1 Å². The molecular formula is C19H21NO4. The Balaban J connectivity index is 1.95. The van der Waals surface area contributed by atoms with Crippen molar-refractivity contribution in [3.05, 3.63) is 59.7 Å². The van der Waals surface area contributed by atoms with Crippen LogP contribution in [0.3, 0.4) is 0 Å². The zero-order chi connectivity index (χ0) is 17.5. The monoisotopic (exact) mass is 327 g/mol. The third kappa shape index (κ3) is 5.12. The highest BCUT2D eigenvalue weighted by atomic mass is 16.5. The number of anilines is 1. The molecule has 2 rings (SSSR count). The molecule has 1 N–H and O–H groups in total. The molecule has 0 saturated carbocycles. The summed E-state index contributed by atoms with van der Waals surface area (Å²) in [4.78, 5) is 23.9. The predicted molar refractivity (Wildman–Crippen MR) is 92.3 cm³/mol. The van der Waals surface area contributed by atoms with Gasteiger partial charge in [0.05, 0.1) is 25.2 Å². The van der Waals surface area contributed by atoms with Crippen LogP contribution in [0.5, 0.6) is 5.75 Å². The SMILES string of the molecule is COc1cccc(CC(=O)Nc2ccc(C(=O)OC(C)C)cc2)c1. The van der Waals surface area contributed by atoms with Gasteiger partial charge in [0.25, 0.3) is 0 Å². The molecule has 1 amide bonds. The number of benzene rings is 2. The first-order chi connectivity index (χ1) is 11.5. The average molecular weight is 327 g/mol. The molecule has 0 heterocycles. The van der Waals surface area contributed by atoms with Crippen LogP contribution in [0.15, 0.2) is 48.5 Å². The van der Waals surface area contributed by atoms with Gasteiger partial charge >= 0.3 is 5.97 Å². The molecule has 0 aliphatic heterocycles. The lowest BCUT2D eigenvalue weighted by atomic mass is 10.1. The molecule has 5 heteroatoms. The van der Waals surface area contributed by atoms with Crippen molar-refractivity contribution < 1.29 is 19.1 Å². The van der Waals surface area contributed by atoms with E-state index in [9.17, 15) is 9.59 Å². The van der Waals surface area contributed by atoms with E-state index in [1.165, 1.54) is 0 Å². The maximum Gasteiger partial charge on any atom is 0.338 e. The fourth-order valence-electron chi connectivity index (χ4n) is 2.14. The molecule has 126 valence electrons. The zero-order valence-electron chi connectivity index (χ0n) is 14.0. The first-order valence-corrected chi connectivity index (χ1v) is 7.71. The third-order valence-corrected chi connectivity index (χ3v) is 3.25. The number of carbonyl (C=O) groups excluding carboxylic acids is 2. The molecular weight excluding hydrogens is 306 g/mol. The number of ether oxygens (including phenoxy) is 2. The molecule has 0 bridgehead atoms. The summed E-state index contributed by atoms with van der Waals surface area (Å²) in [5.41, 5.74) is 1.95. The van der Waals surface area contributed by atoms with Crippen molar-refractivity contribution in [1.82, 2.24) is 0 Å². The van der Waals surface area contributed by atoms with E-state index in [0.29, 0.717) is 17.0 Å². The van der Waals surface area contributed by atoms with E-state index in [2.05, 4.69) is 5.32 Å². The Morgan fingerprint density at radius 2 is 1.79 bits per heavy atom. The van der Waals surface area contributed by atoms with Crippen LogP contribution in [0.2, 0.25) is 0 Å². The van der Waals surface area contributed by atoms with Gasteiger partial charge in [-0.25, -0.2) is 4.79 Å². The first kappa shape index (κ1) is 17.5. The number of amides is 1. The van der Waals surface area contributed by atoms with Crippen molar-refractivity contribution in [3.8, 4) is 5.75 Å². The largest absolute Gasteiger partial charge is 0.497 e. The Labute approximate surface area is 141 Å². The number of hydrogen-bond donors (Lipinski definition) is 1. The molecule has 0 aliphatic carbocycles. The molecule has 0 fully saturated rings. The number of nitrogens with one attached hydrogen (secondary N) is 1. The standard InChI is InChI=1S/C19H21NO4/c1-13(2)24-19(22)15-7-9-16(10-8-15)20-18(21)12-14-5-4-6-17(11-14)23-3/h4-11,13H,12H2,1-3H3,(H,20,21). The van der Waals surface area contributed by atoms with Crippen LogP contribution in [0, 0.1) is 0 Å². The number of esters is 1. The second-order valence-corrected chi connectivity index (χ2v) is 5.61. The van der Waals surface area contributed by atoms with Crippen molar-refractivity contribution in [2.75, 3.05) is 12.4 Å². The lowest BCUT2D eigenvalue weighted by molar-refractivity contribution is -0.115. The van der Waals surface area contributed by atoms with Crippen LogP contribution in [0.1, 0.15) is 29.8 Å². The summed E-state index contributed by atoms with van der Waals surface area (Å²) in [7, 11) is 1.59. The maximum atomic E-state index is 12.1. The summed E-state index contributed by atoms with van der Waals surface area (Å²) < 4.78 is 10.3. The molecule has 0 spiro atoms. The van der Waals surface area contributed by atoms with Gasteiger partial charge < -0.3 is 14.8 Å². The van der Waals surface area contributed by atoms with Crippen LogP contribution in [-0.2, 0) is 16.0 Å². The molecule has 0 radical (unpaired) electrons. The van der Waals surface area contributed by atoms with Crippen molar-refractivity contribution in [2.24, 2.45) is 0 Å². The van der Waals surface area contributed by atoms with E-state index < -0.39 is 0 Å². The molecule has 0 aromatic heterocycles. The van der Waals surface area contributed by atoms with E-state index in [0.717, 1.165) is 5.56 Å². The lowest BCUT2D eigenvalue weighted by Crippen LogP contribution is -2.15. The van der Waals surface area contributed by atoms with Gasteiger partial charge in [-0.3, -0.25) is 4.79 Å². The molecule has 24 heavy (non-hydrogen) atoms. The van der Waals surface area contributed by atoms with Gasteiger partial charge in [-0.15, -0.1) is 0 Å². The molecule has 2 aromatic rings. The second-order valence-electron chi connectivity index (χ2n) is 5.61. The number of methoxy groups -OCH3 is 1. The predicted octanol–water partition coefficient (Wildman–Crippen LogP) is 3.44. The van der Waals surface area contributed by atoms with Gasteiger partial charge in [0.1, 0.15) is 5.75 Å².